The minimum absolute atomic E-state index is 0.102. The zero-order valence-corrected chi connectivity index (χ0v) is 10.5. The van der Waals surface area contributed by atoms with Crippen molar-refractivity contribution in [2.24, 2.45) is 0 Å². The summed E-state index contributed by atoms with van der Waals surface area (Å²) in [6.07, 6.45) is 1.80. The summed E-state index contributed by atoms with van der Waals surface area (Å²) in [5.41, 5.74) is 1.79. The van der Waals surface area contributed by atoms with Crippen LogP contribution in [-0.4, -0.2) is 32.0 Å². The molecule has 3 rings (SSSR count). The molecule has 0 bridgehead atoms. The molecule has 0 saturated heterocycles. The molecule has 19 heavy (non-hydrogen) atoms. The number of aliphatic carboxylic acids is 1. The van der Waals surface area contributed by atoms with Gasteiger partial charge in [0.2, 0.25) is 0 Å². The molecule has 3 aromatic rings. The van der Waals surface area contributed by atoms with E-state index in [2.05, 4.69) is 15.2 Å². The van der Waals surface area contributed by atoms with Gasteiger partial charge in [0.05, 0.1) is 5.56 Å². The number of carboxylic acid groups (broad SMARTS) is 1. The number of nitrogens with one attached hydrogen (secondary N) is 1. The van der Waals surface area contributed by atoms with Gasteiger partial charge in [-0.1, -0.05) is 30.0 Å². The molecule has 1 aromatic carbocycles. The van der Waals surface area contributed by atoms with Crippen LogP contribution >= 0.6 is 11.8 Å². The van der Waals surface area contributed by atoms with Gasteiger partial charge in [0, 0.05) is 17.1 Å². The highest BCUT2D eigenvalue weighted by molar-refractivity contribution is 7.99. The SMILES string of the molecule is O=C(O)CSc1nnc(-c2c[nH]c3ccccc23)o1. The molecular weight excluding hydrogens is 266 g/mol. The summed E-state index contributed by atoms with van der Waals surface area (Å²) in [6.45, 7) is 0. The minimum atomic E-state index is -0.920. The van der Waals surface area contributed by atoms with Gasteiger partial charge in [0.1, 0.15) is 5.75 Å². The molecule has 0 atom stereocenters. The Morgan fingerprint density at radius 1 is 1.37 bits per heavy atom. The Balaban J connectivity index is 1.92. The average molecular weight is 275 g/mol. The first-order chi connectivity index (χ1) is 9.24. The van der Waals surface area contributed by atoms with Crippen LogP contribution in [0.5, 0.6) is 0 Å². The Morgan fingerprint density at radius 2 is 2.21 bits per heavy atom. The number of benzene rings is 1. The second-order valence-corrected chi connectivity index (χ2v) is 4.73. The van der Waals surface area contributed by atoms with Crippen LogP contribution in [0.4, 0.5) is 0 Å². The number of para-hydroxylation sites is 1. The fourth-order valence-corrected chi connectivity index (χ4v) is 2.23. The van der Waals surface area contributed by atoms with Crippen molar-refractivity contribution in [1.82, 2.24) is 15.2 Å². The van der Waals surface area contributed by atoms with Crippen LogP contribution in [0.2, 0.25) is 0 Å². The van der Waals surface area contributed by atoms with E-state index in [1.54, 1.807) is 6.20 Å². The summed E-state index contributed by atoms with van der Waals surface area (Å²) in [7, 11) is 0. The number of carbonyl (C=O) groups is 1. The Morgan fingerprint density at radius 3 is 3.05 bits per heavy atom. The molecular formula is C12H9N3O3S. The standard InChI is InChI=1S/C12H9N3O3S/c16-10(17)6-19-12-15-14-11(18-12)8-5-13-9-4-2-1-3-7(8)9/h1-5,13H,6H2,(H,16,17). The average Bonchev–Trinajstić information content (AvgIpc) is 3.02. The van der Waals surface area contributed by atoms with E-state index in [9.17, 15) is 4.79 Å². The Labute approximate surface area is 111 Å². The van der Waals surface area contributed by atoms with Gasteiger partial charge in [0.25, 0.3) is 11.1 Å². The van der Waals surface area contributed by atoms with Crippen molar-refractivity contribution in [3.05, 3.63) is 30.5 Å². The van der Waals surface area contributed by atoms with Crippen LogP contribution in [0, 0.1) is 0 Å². The molecule has 2 N–H and O–H groups in total. The van der Waals surface area contributed by atoms with Gasteiger partial charge in [-0.25, -0.2) is 0 Å². The molecule has 0 spiro atoms. The molecule has 2 heterocycles. The van der Waals surface area contributed by atoms with Gasteiger partial charge in [0.15, 0.2) is 0 Å². The molecule has 0 fully saturated rings. The Kier molecular flexibility index (Phi) is 2.96. The predicted octanol–water partition coefficient (Wildman–Crippen LogP) is 2.39. The number of hydrogen-bond acceptors (Lipinski definition) is 5. The van der Waals surface area contributed by atoms with Crippen molar-refractivity contribution in [1.29, 1.82) is 0 Å². The van der Waals surface area contributed by atoms with E-state index < -0.39 is 5.97 Å². The molecule has 0 radical (unpaired) electrons. The second-order valence-electron chi connectivity index (χ2n) is 3.80. The molecule has 0 unspecified atom stereocenters. The third-order valence-corrected chi connectivity index (χ3v) is 3.35. The summed E-state index contributed by atoms with van der Waals surface area (Å²) in [4.78, 5) is 13.6. The number of nitrogens with zero attached hydrogens (tertiary/aromatic N) is 2. The molecule has 96 valence electrons. The topological polar surface area (TPSA) is 92.0 Å². The summed E-state index contributed by atoms with van der Waals surface area (Å²) in [5, 5.41) is 17.6. The lowest BCUT2D eigenvalue weighted by Gasteiger charge is -1.92. The lowest BCUT2D eigenvalue weighted by molar-refractivity contribution is -0.133. The zero-order valence-electron chi connectivity index (χ0n) is 9.66. The first-order valence-electron chi connectivity index (χ1n) is 5.48. The highest BCUT2D eigenvalue weighted by Crippen LogP contribution is 2.29. The van der Waals surface area contributed by atoms with E-state index in [0.717, 1.165) is 28.2 Å². The maximum atomic E-state index is 10.5. The maximum absolute atomic E-state index is 10.5. The van der Waals surface area contributed by atoms with Crippen LogP contribution in [-0.2, 0) is 4.79 Å². The molecule has 0 amide bonds. The van der Waals surface area contributed by atoms with Crippen LogP contribution in [0.1, 0.15) is 0 Å². The lowest BCUT2D eigenvalue weighted by Crippen LogP contribution is -1.97. The quantitative estimate of drug-likeness (QED) is 0.710. The maximum Gasteiger partial charge on any atom is 0.314 e. The van der Waals surface area contributed by atoms with Crippen molar-refractivity contribution < 1.29 is 14.3 Å². The number of aromatic nitrogens is 3. The van der Waals surface area contributed by atoms with Crippen LogP contribution in [0.3, 0.4) is 0 Å². The second kappa shape index (κ2) is 4.77. The molecule has 0 aliphatic rings. The monoisotopic (exact) mass is 275 g/mol. The Hall–Kier alpha value is -2.28. The molecule has 7 heteroatoms. The summed E-state index contributed by atoms with van der Waals surface area (Å²) < 4.78 is 5.44. The summed E-state index contributed by atoms with van der Waals surface area (Å²) >= 11 is 1.00. The van der Waals surface area contributed by atoms with Gasteiger partial charge in [-0.05, 0) is 6.07 Å². The van der Waals surface area contributed by atoms with Gasteiger partial charge in [-0.15, -0.1) is 10.2 Å². The van der Waals surface area contributed by atoms with E-state index in [0.29, 0.717) is 5.89 Å². The van der Waals surface area contributed by atoms with E-state index >= 15 is 0 Å². The van der Waals surface area contributed by atoms with Crippen molar-refractivity contribution >= 4 is 28.6 Å². The van der Waals surface area contributed by atoms with E-state index in [1.165, 1.54) is 0 Å². The largest absolute Gasteiger partial charge is 0.481 e. The van der Waals surface area contributed by atoms with Crippen molar-refractivity contribution in [3.63, 3.8) is 0 Å². The number of rotatable bonds is 4. The lowest BCUT2D eigenvalue weighted by atomic mass is 10.2. The molecule has 0 aliphatic heterocycles. The van der Waals surface area contributed by atoms with Crippen molar-refractivity contribution in [2.75, 3.05) is 5.75 Å². The number of hydrogen-bond donors (Lipinski definition) is 2. The van der Waals surface area contributed by atoms with Gasteiger partial charge in [-0.2, -0.15) is 0 Å². The smallest absolute Gasteiger partial charge is 0.314 e. The van der Waals surface area contributed by atoms with Crippen molar-refractivity contribution in [2.45, 2.75) is 5.22 Å². The summed E-state index contributed by atoms with van der Waals surface area (Å²) in [5.74, 6) is -0.641. The van der Waals surface area contributed by atoms with Crippen LogP contribution < -0.4 is 0 Å². The fraction of sp³-hybridized carbons (Fsp3) is 0.0833. The Bertz CT molecular complexity index is 734. The van der Waals surface area contributed by atoms with E-state index in [4.69, 9.17) is 9.52 Å². The van der Waals surface area contributed by atoms with E-state index in [-0.39, 0.29) is 11.0 Å². The number of thioether (sulfide) groups is 1. The van der Waals surface area contributed by atoms with Crippen molar-refractivity contribution in [3.8, 4) is 11.5 Å². The number of carboxylic acids is 1. The molecule has 0 aliphatic carbocycles. The zero-order chi connectivity index (χ0) is 13.2. The molecule has 0 saturated carbocycles. The van der Waals surface area contributed by atoms with Gasteiger partial charge in [-0.3, -0.25) is 4.79 Å². The number of aromatic amines is 1. The highest BCUT2D eigenvalue weighted by Gasteiger charge is 2.13. The number of fused-ring (bicyclic) bond motifs is 1. The van der Waals surface area contributed by atoms with Crippen LogP contribution in [0.25, 0.3) is 22.4 Å². The van der Waals surface area contributed by atoms with Crippen LogP contribution in [0.15, 0.2) is 40.1 Å². The summed E-state index contributed by atoms with van der Waals surface area (Å²) in [6, 6.07) is 7.77. The normalized spacial score (nSPS) is 10.9. The number of H-pyrrole nitrogens is 1. The van der Waals surface area contributed by atoms with E-state index in [1.807, 2.05) is 24.3 Å². The highest BCUT2D eigenvalue weighted by atomic mass is 32.2. The predicted molar refractivity (Wildman–Crippen MR) is 70.0 cm³/mol. The first-order valence-corrected chi connectivity index (χ1v) is 6.47. The third kappa shape index (κ3) is 2.32. The third-order valence-electron chi connectivity index (χ3n) is 2.55. The minimum Gasteiger partial charge on any atom is -0.481 e. The fourth-order valence-electron chi connectivity index (χ4n) is 1.75. The van der Waals surface area contributed by atoms with Gasteiger partial charge >= 0.3 is 5.97 Å². The molecule has 2 aromatic heterocycles. The van der Waals surface area contributed by atoms with Gasteiger partial charge < -0.3 is 14.5 Å². The molecule has 6 nitrogen and oxygen atoms in total. The first kappa shape index (κ1) is 11.8.